The van der Waals surface area contributed by atoms with Gasteiger partial charge in [-0.1, -0.05) is 41.4 Å². The van der Waals surface area contributed by atoms with Gasteiger partial charge in [-0.15, -0.1) is 0 Å². The van der Waals surface area contributed by atoms with E-state index in [9.17, 15) is 9.59 Å². The first-order valence-corrected chi connectivity index (χ1v) is 11.5. The summed E-state index contributed by atoms with van der Waals surface area (Å²) in [4.78, 5) is 31.3. The lowest BCUT2D eigenvalue weighted by Crippen LogP contribution is -2.33. The predicted octanol–water partition coefficient (Wildman–Crippen LogP) is 5.39. The van der Waals surface area contributed by atoms with Gasteiger partial charge in [0.25, 0.3) is 5.91 Å². The molecule has 3 N–H and O–H groups in total. The summed E-state index contributed by atoms with van der Waals surface area (Å²) in [5, 5.41) is 3.80. The first-order valence-electron chi connectivity index (χ1n) is 10.7. The Labute approximate surface area is 202 Å². The largest absolute Gasteiger partial charge is 0.336 e. The van der Waals surface area contributed by atoms with E-state index in [-0.39, 0.29) is 24.3 Å². The Kier molecular flexibility index (Phi) is 7.28. The number of nitrogens with two attached hydrogens (primary N) is 1. The molecule has 0 saturated carbocycles. The first-order chi connectivity index (χ1) is 15.9. The van der Waals surface area contributed by atoms with Crippen molar-refractivity contribution in [1.29, 1.82) is 0 Å². The third-order valence-corrected chi connectivity index (χ3v) is 6.57. The summed E-state index contributed by atoms with van der Waals surface area (Å²) in [7, 11) is 0. The van der Waals surface area contributed by atoms with Crippen molar-refractivity contribution in [3.8, 4) is 0 Å². The minimum atomic E-state index is -0.468. The molecule has 0 aliphatic carbocycles. The van der Waals surface area contributed by atoms with Crippen LogP contribution in [0.25, 0.3) is 0 Å². The number of nitrogens with one attached hydrogen (secondary N) is 1. The lowest BCUT2D eigenvalue weighted by Gasteiger charge is -2.27. The number of nitrogens with zero attached hydrogens (tertiary/aromatic N) is 2. The maximum atomic E-state index is 13.1. The lowest BCUT2D eigenvalue weighted by molar-refractivity contribution is -0.132. The first kappa shape index (κ1) is 23.2. The van der Waals surface area contributed by atoms with Crippen molar-refractivity contribution in [2.24, 2.45) is 5.73 Å². The Morgan fingerprint density at radius 2 is 1.79 bits per heavy atom. The minimum absolute atomic E-state index is 0.00409. The summed E-state index contributed by atoms with van der Waals surface area (Å²) >= 11 is 12.2. The highest BCUT2D eigenvalue weighted by Crippen LogP contribution is 2.36. The molecule has 1 aliphatic heterocycles. The molecule has 0 radical (unpaired) electrons. The molecule has 4 rings (SSSR count). The van der Waals surface area contributed by atoms with Crippen molar-refractivity contribution in [3.05, 3.63) is 93.7 Å². The average molecular weight is 483 g/mol. The van der Waals surface area contributed by atoms with Gasteiger partial charge in [0.1, 0.15) is 0 Å². The van der Waals surface area contributed by atoms with Crippen molar-refractivity contribution in [1.82, 2.24) is 9.88 Å². The summed E-state index contributed by atoms with van der Waals surface area (Å²) in [6.45, 7) is 0.685. The number of likely N-dealkylation sites (tertiary alicyclic amines) is 1. The number of benzene rings is 2. The van der Waals surface area contributed by atoms with Gasteiger partial charge in [0.15, 0.2) is 0 Å². The SMILES string of the molecule is NC(CC(=O)N1CCCC1c1ccc(Cl)c(Cl)c1)c1ccc(C(=O)Nc2ccncc2)cc1. The standard InChI is InChI=1S/C25H24Cl2N4O2/c26-20-8-7-18(14-21(20)27)23-2-1-13-31(23)24(32)15-22(28)16-3-5-17(6-4-16)25(33)30-19-9-11-29-12-10-19/h3-12,14,22-23H,1-2,13,15,28H2,(H,29,30,33). The molecule has 1 saturated heterocycles. The summed E-state index contributed by atoms with van der Waals surface area (Å²) in [5.74, 6) is -0.227. The summed E-state index contributed by atoms with van der Waals surface area (Å²) in [6.07, 6.45) is 5.20. The van der Waals surface area contributed by atoms with Crippen LogP contribution in [-0.2, 0) is 4.79 Å². The number of anilines is 1. The Bertz CT molecular complexity index is 1140. The molecular weight excluding hydrogens is 459 g/mol. The minimum Gasteiger partial charge on any atom is -0.336 e. The van der Waals surface area contributed by atoms with E-state index in [0.717, 1.165) is 24.0 Å². The van der Waals surface area contributed by atoms with Crippen LogP contribution in [0.1, 0.15) is 52.8 Å². The Hall–Kier alpha value is -2.93. The van der Waals surface area contributed by atoms with Gasteiger partial charge < -0.3 is 16.0 Å². The maximum absolute atomic E-state index is 13.1. The molecule has 8 heteroatoms. The summed E-state index contributed by atoms with van der Waals surface area (Å²) in [5.41, 5.74) is 9.31. The third-order valence-electron chi connectivity index (χ3n) is 5.84. The zero-order chi connectivity index (χ0) is 23.4. The molecule has 3 aromatic rings. The molecule has 0 bridgehead atoms. The number of carbonyl (C=O) groups excluding carboxylic acids is 2. The van der Waals surface area contributed by atoms with Gasteiger partial charge in [0.2, 0.25) is 5.91 Å². The number of amides is 2. The van der Waals surface area contributed by atoms with Gasteiger partial charge in [-0.25, -0.2) is 0 Å². The molecule has 1 fully saturated rings. The molecule has 2 aromatic carbocycles. The summed E-state index contributed by atoms with van der Waals surface area (Å²) < 4.78 is 0. The number of aromatic nitrogens is 1. The van der Waals surface area contributed by atoms with E-state index in [1.54, 1.807) is 54.9 Å². The van der Waals surface area contributed by atoms with Crippen LogP contribution in [0.15, 0.2) is 67.0 Å². The third kappa shape index (κ3) is 5.53. The van der Waals surface area contributed by atoms with E-state index in [1.165, 1.54) is 0 Å². The molecule has 1 aliphatic rings. The van der Waals surface area contributed by atoms with E-state index in [4.69, 9.17) is 28.9 Å². The highest BCUT2D eigenvalue weighted by molar-refractivity contribution is 6.42. The van der Waals surface area contributed by atoms with Crippen molar-refractivity contribution in [2.45, 2.75) is 31.3 Å². The monoisotopic (exact) mass is 482 g/mol. The van der Waals surface area contributed by atoms with Gasteiger partial charge in [-0.2, -0.15) is 0 Å². The van der Waals surface area contributed by atoms with Crippen LogP contribution in [0.3, 0.4) is 0 Å². The van der Waals surface area contributed by atoms with Crippen molar-refractivity contribution >= 4 is 40.7 Å². The Morgan fingerprint density at radius 3 is 2.48 bits per heavy atom. The quantitative estimate of drug-likeness (QED) is 0.492. The van der Waals surface area contributed by atoms with E-state index >= 15 is 0 Å². The van der Waals surface area contributed by atoms with Gasteiger partial charge in [-0.3, -0.25) is 14.6 Å². The second kappa shape index (κ2) is 10.3. The Morgan fingerprint density at radius 1 is 1.06 bits per heavy atom. The molecule has 33 heavy (non-hydrogen) atoms. The fourth-order valence-corrected chi connectivity index (χ4v) is 4.38. The molecule has 2 unspecified atom stereocenters. The van der Waals surface area contributed by atoms with Gasteiger partial charge >= 0.3 is 0 Å². The van der Waals surface area contributed by atoms with Gasteiger partial charge in [-0.05, 0) is 60.4 Å². The zero-order valence-corrected chi connectivity index (χ0v) is 19.4. The van der Waals surface area contributed by atoms with E-state index in [1.807, 2.05) is 17.0 Å². The normalized spacial score (nSPS) is 16.5. The molecule has 2 heterocycles. The van der Waals surface area contributed by atoms with Crippen molar-refractivity contribution in [3.63, 3.8) is 0 Å². The second-order valence-corrected chi connectivity index (χ2v) is 8.86. The second-order valence-electron chi connectivity index (χ2n) is 8.04. The number of hydrogen-bond acceptors (Lipinski definition) is 4. The van der Waals surface area contributed by atoms with Crippen LogP contribution in [0.2, 0.25) is 10.0 Å². The van der Waals surface area contributed by atoms with Crippen LogP contribution in [0, 0.1) is 0 Å². The molecule has 1 aromatic heterocycles. The Balaban J connectivity index is 1.39. The number of pyridine rings is 1. The highest BCUT2D eigenvalue weighted by Gasteiger charge is 2.31. The number of halogens is 2. The maximum Gasteiger partial charge on any atom is 0.255 e. The topological polar surface area (TPSA) is 88.3 Å². The van der Waals surface area contributed by atoms with Gasteiger partial charge in [0.05, 0.1) is 16.1 Å². The molecule has 170 valence electrons. The van der Waals surface area contributed by atoms with Crippen LogP contribution in [0.4, 0.5) is 5.69 Å². The average Bonchev–Trinajstić information content (AvgIpc) is 3.32. The molecule has 0 spiro atoms. The fourth-order valence-electron chi connectivity index (χ4n) is 4.07. The molecule has 2 atom stereocenters. The smallest absolute Gasteiger partial charge is 0.255 e. The van der Waals surface area contributed by atoms with Crippen LogP contribution in [-0.4, -0.2) is 28.2 Å². The van der Waals surface area contributed by atoms with Gasteiger partial charge in [0, 0.05) is 42.7 Å². The van der Waals surface area contributed by atoms with Crippen molar-refractivity contribution in [2.75, 3.05) is 11.9 Å². The number of rotatable bonds is 6. The molecule has 2 amide bonds. The van der Waals surface area contributed by atoms with E-state index in [2.05, 4.69) is 10.3 Å². The van der Waals surface area contributed by atoms with Crippen LogP contribution >= 0.6 is 23.2 Å². The number of carbonyl (C=O) groups is 2. The molecule has 6 nitrogen and oxygen atoms in total. The molecular formula is C25H24Cl2N4O2. The zero-order valence-electron chi connectivity index (χ0n) is 17.9. The number of hydrogen-bond donors (Lipinski definition) is 2. The van der Waals surface area contributed by atoms with Crippen molar-refractivity contribution < 1.29 is 9.59 Å². The summed E-state index contributed by atoms with van der Waals surface area (Å²) in [6, 6.07) is 15.5. The fraction of sp³-hybridized carbons (Fsp3) is 0.240. The lowest BCUT2D eigenvalue weighted by atomic mass is 10.0. The van der Waals surface area contributed by atoms with E-state index in [0.29, 0.717) is 27.8 Å². The predicted molar refractivity (Wildman–Crippen MR) is 130 cm³/mol. The van der Waals surface area contributed by atoms with Crippen LogP contribution < -0.4 is 11.1 Å². The van der Waals surface area contributed by atoms with Crippen LogP contribution in [0.5, 0.6) is 0 Å². The van der Waals surface area contributed by atoms with E-state index < -0.39 is 6.04 Å². The highest BCUT2D eigenvalue weighted by atomic mass is 35.5.